The lowest BCUT2D eigenvalue weighted by atomic mass is 10.0. The summed E-state index contributed by atoms with van der Waals surface area (Å²) in [4.78, 5) is 22.7. The molecule has 1 aromatic rings. The molecule has 0 spiro atoms. The van der Waals surface area contributed by atoms with Crippen LogP contribution in [0.25, 0.3) is 0 Å². The van der Waals surface area contributed by atoms with Gasteiger partial charge in [0.25, 0.3) is 0 Å². The fourth-order valence-electron chi connectivity index (χ4n) is 1.53. The van der Waals surface area contributed by atoms with E-state index in [1.165, 1.54) is 26.4 Å². The van der Waals surface area contributed by atoms with Crippen molar-refractivity contribution < 1.29 is 23.5 Å². The van der Waals surface area contributed by atoms with E-state index in [4.69, 9.17) is 4.74 Å². The first kappa shape index (κ1) is 14.2. The molecule has 5 heteroatoms. The molecule has 98 valence electrons. The third-order valence-corrected chi connectivity index (χ3v) is 2.48. The molecular weight excluding hydrogens is 239 g/mol. The monoisotopic (exact) mass is 254 g/mol. The summed E-state index contributed by atoms with van der Waals surface area (Å²) in [7, 11) is 2.67. The molecule has 0 N–H and O–H groups in total. The number of rotatable bonds is 6. The molecule has 0 aliphatic heterocycles. The lowest BCUT2D eigenvalue weighted by Crippen LogP contribution is -2.05. The Balaban J connectivity index is 2.64. The van der Waals surface area contributed by atoms with Crippen LogP contribution in [0.15, 0.2) is 18.2 Å². The number of hydrogen-bond donors (Lipinski definition) is 0. The van der Waals surface area contributed by atoms with Gasteiger partial charge in [-0.25, -0.2) is 4.39 Å². The predicted octanol–water partition coefficient (Wildman–Crippen LogP) is 2.36. The molecule has 0 aliphatic carbocycles. The van der Waals surface area contributed by atoms with Gasteiger partial charge >= 0.3 is 5.97 Å². The first-order chi connectivity index (χ1) is 8.58. The summed E-state index contributed by atoms with van der Waals surface area (Å²) in [5.74, 6) is -0.791. The lowest BCUT2D eigenvalue weighted by molar-refractivity contribution is -0.140. The van der Waals surface area contributed by atoms with Crippen LogP contribution in [-0.4, -0.2) is 26.0 Å². The molecule has 0 aromatic heterocycles. The fourth-order valence-corrected chi connectivity index (χ4v) is 1.53. The Bertz CT molecular complexity index is 443. The van der Waals surface area contributed by atoms with Crippen molar-refractivity contribution in [2.75, 3.05) is 14.2 Å². The standard InChI is InChI=1S/C13H15FO4/c1-17-12-8-9(14)6-7-10(12)11(15)4-3-5-13(16)18-2/h6-8H,3-5H2,1-2H3. The molecule has 1 rings (SSSR count). The van der Waals surface area contributed by atoms with E-state index in [-0.39, 0.29) is 30.3 Å². The SMILES string of the molecule is COC(=O)CCCC(=O)c1ccc(F)cc1OC. The zero-order valence-electron chi connectivity index (χ0n) is 10.4. The zero-order valence-corrected chi connectivity index (χ0v) is 10.4. The third-order valence-electron chi connectivity index (χ3n) is 2.48. The van der Waals surface area contributed by atoms with Gasteiger partial charge in [-0.15, -0.1) is 0 Å². The third kappa shape index (κ3) is 3.84. The molecule has 0 radical (unpaired) electrons. The highest BCUT2D eigenvalue weighted by Gasteiger charge is 2.13. The Morgan fingerprint density at radius 1 is 1.22 bits per heavy atom. The van der Waals surface area contributed by atoms with Crippen molar-refractivity contribution in [2.45, 2.75) is 19.3 Å². The minimum Gasteiger partial charge on any atom is -0.496 e. The van der Waals surface area contributed by atoms with Gasteiger partial charge in [0.05, 0.1) is 19.8 Å². The van der Waals surface area contributed by atoms with Crippen LogP contribution in [0.5, 0.6) is 5.75 Å². The number of halogens is 1. The summed E-state index contributed by atoms with van der Waals surface area (Å²) >= 11 is 0. The highest BCUT2D eigenvalue weighted by atomic mass is 19.1. The van der Waals surface area contributed by atoms with Crippen LogP contribution >= 0.6 is 0 Å². The van der Waals surface area contributed by atoms with Crippen LogP contribution in [0, 0.1) is 5.82 Å². The van der Waals surface area contributed by atoms with Crippen LogP contribution in [0.1, 0.15) is 29.6 Å². The summed E-state index contributed by atoms with van der Waals surface area (Å²) in [5.41, 5.74) is 0.323. The smallest absolute Gasteiger partial charge is 0.305 e. The summed E-state index contributed by atoms with van der Waals surface area (Å²) in [6, 6.07) is 3.75. The van der Waals surface area contributed by atoms with Crippen molar-refractivity contribution in [3.8, 4) is 5.75 Å². The number of ether oxygens (including phenoxy) is 2. The Labute approximate surface area is 105 Å². The molecule has 0 fully saturated rings. The average Bonchev–Trinajstić information content (AvgIpc) is 2.37. The van der Waals surface area contributed by atoms with Gasteiger partial charge in [-0.3, -0.25) is 9.59 Å². The maximum absolute atomic E-state index is 12.9. The van der Waals surface area contributed by atoms with Crippen LogP contribution in [-0.2, 0) is 9.53 Å². The van der Waals surface area contributed by atoms with Gasteiger partial charge in [0.15, 0.2) is 5.78 Å². The number of carbonyl (C=O) groups is 2. The number of carbonyl (C=O) groups excluding carboxylic acids is 2. The zero-order chi connectivity index (χ0) is 13.5. The molecule has 4 nitrogen and oxygen atoms in total. The average molecular weight is 254 g/mol. The molecule has 0 unspecified atom stereocenters. The van der Waals surface area contributed by atoms with E-state index in [0.717, 1.165) is 6.07 Å². The van der Waals surface area contributed by atoms with Gasteiger partial charge < -0.3 is 9.47 Å². The molecule has 0 bridgehead atoms. The maximum Gasteiger partial charge on any atom is 0.305 e. The fraction of sp³-hybridized carbons (Fsp3) is 0.385. The van der Waals surface area contributed by atoms with E-state index >= 15 is 0 Å². The van der Waals surface area contributed by atoms with Crippen LogP contribution in [0.2, 0.25) is 0 Å². The minimum absolute atomic E-state index is 0.184. The van der Waals surface area contributed by atoms with Crippen molar-refractivity contribution >= 4 is 11.8 Å². The number of benzene rings is 1. The molecule has 0 amide bonds. The first-order valence-corrected chi connectivity index (χ1v) is 5.52. The van der Waals surface area contributed by atoms with Gasteiger partial charge in [-0.2, -0.15) is 0 Å². The predicted molar refractivity (Wildman–Crippen MR) is 63.1 cm³/mol. The van der Waals surface area contributed by atoms with Gasteiger partial charge in [0.2, 0.25) is 0 Å². The van der Waals surface area contributed by atoms with E-state index in [0.29, 0.717) is 12.0 Å². The Morgan fingerprint density at radius 3 is 2.56 bits per heavy atom. The van der Waals surface area contributed by atoms with Gasteiger partial charge in [-0.1, -0.05) is 0 Å². The van der Waals surface area contributed by atoms with E-state index in [1.807, 2.05) is 0 Å². The summed E-state index contributed by atoms with van der Waals surface area (Å²) in [5, 5.41) is 0. The van der Waals surface area contributed by atoms with Crippen LogP contribution in [0.4, 0.5) is 4.39 Å². The topological polar surface area (TPSA) is 52.6 Å². The van der Waals surface area contributed by atoms with E-state index in [9.17, 15) is 14.0 Å². The Morgan fingerprint density at radius 2 is 1.94 bits per heavy atom. The highest BCUT2D eigenvalue weighted by Crippen LogP contribution is 2.21. The summed E-state index contributed by atoms with van der Waals surface area (Å²) in [6.45, 7) is 0. The first-order valence-electron chi connectivity index (χ1n) is 5.52. The van der Waals surface area contributed by atoms with E-state index in [2.05, 4.69) is 4.74 Å². The second-order valence-electron chi connectivity index (χ2n) is 3.70. The molecule has 0 saturated heterocycles. The van der Waals surface area contributed by atoms with Gasteiger partial charge in [0, 0.05) is 18.9 Å². The number of methoxy groups -OCH3 is 2. The molecule has 0 saturated carbocycles. The molecule has 0 heterocycles. The van der Waals surface area contributed by atoms with Gasteiger partial charge in [0.1, 0.15) is 11.6 Å². The van der Waals surface area contributed by atoms with Crippen molar-refractivity contribution in [3.05, 3.63) is 29.6 Å². The lowest BCUT2D eigenvalue weighted by Gasteiger charge is -2.07. The number of esters is 1. The van der Waals surface area contributed by atoms with E-state index < -0.39 is 5.82 Å². The van der Waals surface area contributed by atoms with Crippen LogP contribution < -0.4 is 4.74 Å². The summed E-state index contributed by atoms with van der Waals surface area (Å²) in [6.07, 6.45) is 0.773. The largest absolute Gasteiger partial charge is 0.496 e. The highest BCUT2D eigenvalue weighted by molar-refractivity contribution is 5.98. The minimum atomic E-state index is -0.460. The van der Waals surface area contributed by atoms with Crippen molar-refractivity contribution in [3.63, 3.8) is 0 Å². The summed E-state index contributed by atoms with van der Waals surface area (Å²) < 4.78 is 22.4. The molecule has 0 atom stereocenters. The number of hydrogen-bond acceptors (Lipinski definition) is 4. The van der Waals surface area contributed by atoms with Crippen molar-refractivity contribution in [2.24, 2.45) is 0 Å². The molecule has 1 aromatic carbocycles. The molecule has 0 aliphatic rings. The van der Waals surface area contributed by atoms with Gasteiger partial charge in [-0.05, 0) is 18.6 Å². The molecule has 18 heavy (non-hydrogen) atoms. The Kier molecular flexibility index (Phi) is 5.30. The van der Waals surface area contributed by atoms with Crippen LogP contribution in [0.3, 0.4) is 0 Å². The molecular formula is C13H15FO4. The second kappa shape index (κ2) is 6.74. The number of ketones is 1. The van der Waals surface area contributed by atoms with E-state index in [1.54, 1.807) is 0 Å². The Hall–Kier alpha value is -1.91. The van der Waals surface area contributed by atoms with Crippen molar-refractivity contribution in [1.29, 1.82) is 0 Å². The number of Topliss-reactive ketones (excluding diaryl/α,β-unsaturated/α-hetero) is 1. The van der Waals surface area contributed by atoms with Crippen molar-refractivity contribution in [1.82, 2.24) is 0 Å². The quantitative estimate of drug-likeness (QED) is 0.577. The normalized spacial score (nSPS) is 9.94. The maximum atomic E-state index is 12.9. The second-order valence-corrected chi connectivity index (χ2v) is 3.70.